The molecule has 18 heavy (non-hydrogen) atoms. The second-order valence-electron chi connectivity index (χ2n) is 5.46. The van der Waals surface area contributed by atoms with E-state index in [0.29, 0.717) is 5.92 Å². The van der Waals surface area contributed by atoms with Gasteiger partial charge in [-0.1, -0.05) is 13.8 Å². The summed E-state index contributed by atoms with van der Waals surface area (Å²) in [6.45, 7) is 4.37. The molecule has 0 bridgehead atoms. The van der Waals surface area contributed by atoms with Crippen molar-refractivity contribution in [3.8, 4) is 11.5 Å². The summed E-state index contributed by atoms with van der Waals surface area (Å²) in [5.41, 5.74) is 8.81. The lowest BCUT2D eigenvalue weighted by Crippen LogP contribution is -2.44. The fourth-order valence-corrected chi connectivity index (χ4v) is 2.63. The van der Waals surface area contributed by atoms with Gasteiger partial charge < -0.3 is 15.2 Å². The first-order valence-electron chi connectivity index (χ1n) is 6.57. The van der Waals surface area contributed by atoms with Crippen LogP contribution >= 0.6 is 0 Å². The molecular weight excluding hydrogens is 226 g/mol. The molecule has 0 aliphatic heterocycles. The molecule has 1 aromatic carbocycles. The summed E-state index contributed by atoms with van der Waals surface area (Å²) in [6.07, 6.45) is 3.33. The van der Waals surface area contributed by atoms with Crippen molar-refractivity contribution in [1.29, 1.82) is 0 Å². The minimum absolute atomic E-state index is 0.168. The van der Waals surface area contributed by atoms with Gasteiger partial charge >= 0.3 is 0 Å². The van der Waals surface area contributed by atoms with Crippen molar-refractivity contribution >= 4 is 0 Å². The predicted molar refractivity (Wildman–Crippen MR) is 73.4 cm³/mol. The van der Waals surface area contributed by atoms with Crippen LogP contribution in [0.1, 0.15) is 50.2 Å². The molecule has 3 heteroatoms. The number of benzene rings is 1. The Balaban J connectivity index is 2.55. The highest BCUT2D eigenvalue weighted by Gasteiger charge is 2.37. The van der Waals surface area contributed by atoms with Crippen molar-refractivity contribution in [1.82, 2.24) is 0 Å². The molecule has 0 amide bonds. The monoisotopic (exact) mass is 249 g/mol. The molecular formula is C15H23NO2. The Morgan fingerprint density at radius 2 is 1.67 bits per heavy atom. The zero-order valence-electron chi connectivity index (χ0n) is 11.7. The van der Waals surface area contributed by atoms with E-state index >= 15 is 0 Å². The molecule has 2 rings (SSSR count). The van der Waals surface area contributed by atoms with E-state index in [1.54, 1.807) is 14.2 Å². The van der Waals surface area contributed by atoms with Crippen LogP contribution in [0, 0.1) is 0 Å². The highest BCUT2D eigenvalue weighted by atomic mass is 16.5. The Kier molecular flexibility index (Phi) is 3.53. The van der Waals surface area contributed by atoms with Crippen LogP contribution in [-0.2, 0) is 5.54 Å². The molecule has 100 valence electrons. The third kappa shape index (κ3) is 2.07. The molecule has 0 atom stereocenters. The Labute approximate surface area is 109 Å². The molecule has 1 aromatic rings. The maximum atomic E-state index is 6.48. The summed E-state index contributed by atoms with van der Waals surface area (Å²) in [6, 6.07) is 4.14. The number of hydrogen-bond donors (Lipinski definition) is 1. The molecule has 0 spiro atoms. The molecule has 1 aliphatic rings. The normalized spacial score (nSPS) is 17.4. The van der Waals surface area contributed by atoms with Crippen LogP contribution in [0.4, 0.5) is 0 Å². The van der Waals surface area contributed by atoms with Gasteiger partial charge in [-0.25, -0.2) is 0 Å². The number of nitrogens with two attached hydrogens (primary N) is 1. The van der Waals surface area contributed by atoms with Gasteiger partial charge in [0.05, 0.1) is 14.2 Å². The van der Waals surface area contributed by atoms with E-state index in [4.69, 9.17) is 15.2 Å². The maximum absolute atomic E-state index is 6.48. The predicted octanol–water partition coefficient (Wildman–Crippen LogP) is 3.17. The van der Waals surface area contributed by atoms with Crippen molar-refractivity contribution in [3.05, 3.63) is 23.3 Å². The topological polar surface area (TPSA) is 44.5 Å². The van der Waals surface area contributed by atoms with Gasteiger partial charge in [-0.05, 0) is 48.4 Å². The van der Waals surface area contributed by atoms with Gasteiger partial charge in [0.1, 0.15) is 0 Å². The van der Waals surface area contributed by atoms with Gasteiger partial charge in [-0.2, -0.15) is 0 Å². The zero-order chi connectivity index (χ0) is 13.3. The van der Waals surface area contributed by atoms with Crippen LogP contribution in [0.25, 0.3) is 0 Å². The molecule has 3 nitrogen and oxygen atoms in total. The summed E-state index contributed by atoms with van der Waals surface area (Å²) < 4.78 is 10.8. The second-order valence-corrected chi connectivity index (χ2v) is 5.46. The van der Waals surface area contributed by atoms with Crippen molar-refractivity contribution < 1.29 is 9.47 Å². The van der Waals surface area contributed by atoms with E-state index in [1.807, 2.05) is 0 Å². The Morgan fingerprint density at radius 1 is 1.11 bits per heavy atom. The van der Waals surface area contributed by atoms with Crippen LogP contribution in [0.3, 0.4) is 0 Å². The quantitative estimate of drug-likeness (QED) is 0.891. The smallest absolute Gasteiger partial charge is 0.161 e. The Bertz CT molecular complexity index is 436. The van der Waals surface area contributed by atoms with Gasteiger partial charge in [-0.15, -0.1) is 0 Å². The van der Waals surface area contributed by atoms with Gasteiger partial charge in [0.25, 0.3) is 0 Å². The summed E-state index contributed by atoms with van der Waals surface area (Å²) >= 11 is 0. The number of rotatable bonds is 4. The zero-order valence-corrected chi connectivity index (χ0v) is 11.7. The van der Waals surface area contributed by atoms with E-state index < -0.39 is 0 Å². The van der Waals surface area contributed by atoms with E-state index in [-0.39, 0.29) is 5.54 Å². The summed E-state index contributed by atoms with van der Waals surface area (Å²) in [4.78, 5) is 0. The first kappa shape index (κ1) is 13.2. The summed E-state index contributed by atoms with van der Waals surface area (Å²) in [7, 11) is 3.34. The first-order chi connectivity index (χ1) is 8.51. The van der Waals surface area contributed by atoms with Gasteiger partial charge in [0.2, 0.25) is 0 Å². The second kappa shape index (κ2) is 4.81. The van der Waals surface area contributed by atoms with Crippen LogP contribution in [-0.4, -0.2) is 14.2 Å². The lowest BCUT2D eigenvalue weighted by atomic mass is 9.70. The number of ether oxygens (including phenoxy) is 2. The van der Waals surface area contributed by atoms with Gasteiger partial charge in [0, 0.05) is 5.54 Å². The summed E-state index contributed by atoms with van der Waals surface area (Å²) in [5, 5.41) is 0. The molecule has 0 saturated heterocycles. The highest BCUT2D eigenvalue weighted by molar-refractivity contribution is 5.51. The lowest BCUT2D eigenvalue weighted by molar-refractivity contribution is 0.249. The molecule has 0 aromatic heterocycles. The third-order valence-electron chi connectivity index (χ3n) is 3.96. The average molecular weight is 249 g/mol. The maximum Gasteiger partial charge on any atom is 0.161 e. The van der Waals surface area contributed by atoms with Crippen molar-refractivity contribution in [2.75, 3.05) is 14.2 Å². The van der Waals surface area contributed by atoms with Crippen molar-refractivity contribution in [3.63, 3.8) is 0 Å². The van der Waals surface area contributed by atoms with Crippen molar-refractivity contribution in [2.45, 2.75) is 44.6 Å². The molecule has 1 fully saturated rings. The fourth-order valence-electron chi connectivity index (χ4n) is 2.63. The summed E-state index contributed by atoms with van der Waals surface area (Å²) in [5.74, 6) is 1.99. The minimum Gasteiger partial charge on any atom is -0.493 e. The van der Waals surface area contributed by atoms with Crippen LogP contribution in [0.2, 0.25) is 0 Å². The van der Waals surface area contributed by atoms with E-state index in [9.17, 15) is 0 Å². The van der Waals surface area contributed by atoms with E-state index in [0.717, 1.165) is 24.3 Å². The first-order valence-corrected chi connectivity index (χ1v) is 6.57. The fraction of sp³-hybridized carbons (Fsp3) is 0.600. The lowest BCUT2D eigenvalue weighted by Gasteiger charge is -2.40. The Hall–Kier alpha value is -1.22. The average Bonchev–Trinajstić information content (AvgIpc) is 2.34. The molecule has 0 unspecified atom stereocenters. The number of methoxy groups -OCH3 is 2. The van der Waals surface area contributed by atoms with Gasteiger partial charge in [0.15, 0.2) is 11.5 Å². The van der Waals surface area contributed by atoms with Crippen molar-refractivity contribution in [2.24, 2.45) is 5.73 Å². The van der Waals surface area contributed by atoms with Crippen LogP contribution in [0.15, 0.2) is 12.1 Å². The SMILES string of the molecule is COc1cc(C(C)C)c(C2(N)CCC2)cc1OC. The largest absolute Gasteiger partial charge is 0.493 e. The molecule has 0 radical (unpaired) electrons. The standard InChI is InChI=1S/C15H23NO2/c1-10(2)11-8-13(17-3)14(18-4)9-12(11)15(16)6-5-7-15/h8-10H,5-7,16H2,1-4H3. The Morgan fingerprint density at radius 3 is 2.06 bits per heavy atom. The number of hydrogen-bond acceptors (Lipinski definition) is 3. The van der Waals surface area contributed by atoms with Gasteiger partial charge in [-0.3, -0.25) is 0 Å². The minimum atomic E-state index is -0.168. The van der Waals surface area contributed by atoms with Crippen LogP contribution < -0.4 is 15.2 Å². The van der Waals surface area contributed by atoms with E-state index in [1.165, 1.54) is 17.5 Å². The molecule has 1 aliphatic carbocycles. The van der Waals surface area contributed by atoms with E-state index in [2.05, 4.69) is 26.0 Å². The third-order valence-corrected chi connectivity index (χ3v) is 3.96. The highest BCUT2D eigenvalue weighted by Crippen LogP contribution is 2.45. The molecule has 0 heterocycles. The molecule has 2 N–H and O–H groups in total. The molecule has 1 saturated carbocycles. The van der Waals surface area contributed by atoms with Crippen LogP contribution in [0.5, 0.6) is 11.5 Å².